The summed E-state index contributed by atoms with van der Waals surface area (Å²) in [7, 11) is 0. The summed E-state index contributed by atoms with van der Waals surface area (Å²) in [5.74, 6) is 0. The largest absolute Gasteiger partial charge is 0.379 e. The van der Waals surface area contributed by atoms with Gasteiger partial charge in [-0.25, -0.2) is 0 Å². The molecule has 0 radical (unpaired) electrons. The van der Waals surface area contributed by atoms with E-state index in [9.17, 15) is 0 Å². The normalized spacial score (nSPS) is 19.8. The molecule has 72 valence electrons. The second kappa shape index (κ2) is 6.37. The second-order valence-corrected chi connectivity index (χ2v) is 2.71. The SMILES string of the molecule is CCOCCON1CCNCC1. The maximum absolute atomic E-state index is 5.45. The van der Waals surface area contributed by atoms with Crippen molar-refractivity contribution < 1.29 is 9.57 Å². The molecule has 0 spiro atoms. The molecule has 0 unspecified atom stereocenters. The highest BCUT2D eigenvalue weighted by molar-refractivity contribution is 4.59. The molecular weight excluding hydrogens is 156 g/mol. The van der Waals surface area contributed by atoms with Crippen LogP contribution in [0.5, 0.6) is 0 Å². The van der Waals surface area contributed by atoms with Gasteiger partial charge >= 0.3 is 0 Å². The molecule has 0 aromatic rings. The molecule has 1 heterocycles. The van der Waals surface area contributed by atoms with Crippen LogP contribution >= 0.6 is 0 Å². The van der Waals surface area contributed by atoms with Crippen LogP contribution in [0, 0.1) is 0 Å². The van der Waals surface area contributed by atoms with Gasteiger partial charge in [0.2, 0.25) is 0 Å². The predicted molar refractivity (Wildman–Crippen MR) is 46.9 cm³/mol. The molecule has 1 aliphatic rings. The molecule has 4 nitrogen and oxygen atoms in total. The first-order valence-electron chi connectivity index (χ1n) is 4.60. The molecule has 1 rings (SSSR count). The number of rotatable bonds is 5. The van der Waals surface area contributed by atoms with Crippen molar-refractivity contribution in [2.24, 2.45) is 0 Å². The van der Waals surface area contributed by atoms with E-state index in [1.807, 2.05) is 12.0 Å². The average Bonchev–Trinajstić information content (AvgIpc) is 2.14. The van der Waals surface area contributed by atoms with Crippen molar-refractivity contribution in [3.63, 3.8) is 0 Å². The highest BCUT2D eigenvalue weighted by Gasteiger charge is 2.08. The Bertz CT molecular complexity index is 105. The summed E-state index contributed by atoms with van der Waals surface area (Å²) in [6.07, 6.45) is 0. The summed E-state index contributed by atoms with van der Waals surface area (Å²) in [5.41, 5.74) is 0. The molecule has 12 heavy (non-hydrogen) atoms. The van der Waals surface area contributed by atoms with Gasteiger partial charge in [0, 0.05) is 32.8 Å². The quantitative estimate of drug-likeness (QED) is 0.588. The van der Waals surface area contributed by atoms with Gasteiger partial charge in [0.25, 0.3) is 0 Å². The fourth-order valence-corrected chi connectivity index (χ4v) is 1.14. The van der Waals surface area contributed by atoms with Gasteiger partial charge < -0.3 is 10.1 Å². The molecule has 1 N–H and O–H groups in total. The number of hydrogen-bond acceptors (Lipinski definition) is 4. The van der Waals surface area contributed by atoms with Gasteiger partial charge in [0.15, 0.2) is 0 Å². The van der Waals surface area contributed by atoms with Crippen LogP contribution in [0.15, 0.2) is 0 Å². The zero-order valence-electron chi connectivity index (χ0n) is 7.71. The van der Waals surface area contributed by atoms with Gasteiger partial charge in [-0.3, -0.25) is 4.84 Å². The predicted octanol–water partition coefficient (Wildman–Crippen LogP) is -0.140. The van der Waals surface area contributed by atoms with Crippen molar-refractivity contribution in [2.75, 3.05) is 46.0 Å². The summed E-state index contributed by atoms with van der Waals surface area (Å²) in [6.45, 7) is 8.13. The third-order valence-electron chi connectivity index (χ3n) is 1.78. The molecule has 0 amide bonds. The van der Waals surface area contributed by atoms with Crippen molar-refractivity contribution in [1.82, 2.24) is 10.4 Å². The minimum absolute atomic E-state index is 0.674. The Kier molecular flexibility index (Phi) is 5.27. The number of hydrogen-bond donors (Lipinski definition) is 1. The minimum Gasteiger partial charge on any atom is -0.379 e. The van der Waals surface area contributed by atoms with E-state index in [1.54, 1.807) is 0 Å². The lowest BCUT2D eigenvalue weighted by Crippen LogP contribution is -2.43. The Balaban J connectivity index is 1.91. The Morgan fingerprint density at radius 3 is 2.67 bits per heavy atom. The van der Waals surface area contributed by atoms with Gasteiger partial charge in [0.05, 0.1) is 13.2 Å². The van der Waals surface area contributed by atoms with Gasteiger partial charge in [-0.05, 0) is 6.92 Å². The first-order valence-corrected chi connectivity index (χ1v) is 4.60. The summed E-state index contributed by atoms with van der Waals surface area (Å²) in [6, 6.07) is 0. The summed E-state index contributed by atoms with van der Waals surface area (Å²) in [5, 5.41) is 5.26. The molecular formula is C8H18N2O2. The van der Waals surface area contributed by atoms with E-state index >= 15 is 0 Å². The molecule has 1 aliphatic heterocycles. The lowest BCUT2D eigenvalue weighted by Gasteiger charge is -2.26. The molecule has 0 aliphatic carbocycles. The molecule has 1 saturated heterocycles. The molecule has 0 atom stereocenters. The summed E-state index contributed by atoms with van der Waals surface area (Å²) >= 11 is 0. The van der Waals surface area contributed by atoms with E-state index in [2.05, 4.69) is 5.32 Å². The maximum Gasteiger partial charge on any atom is 0.0918 e. The monoisotopic (exact) mass is 174 g/mol. The van der Waals surface area contributed by atoms with Crippen LogP contribution in [0.1, 0.15) is 6.92 Å². The Hall–Kier alpha value is -0.160. The molecule has 0 saturated carbocycles. The molecule has 4 heteroatoms. The van der Waals surface area contributed by atoms with Crippen LogP contribution in [0.25, 0.3) is 0 Å². The maximum atomic E-state index is 5.45. The number of ether oxygens (including phenoxy) is 1. The van der Waals surface area contributed by atoms with Gasteiger partial charge in [-0.15, -0.1) is 0 Å². The molecule has 1 fully saturated rings. The molecule has 0 aromatic heterocycles. The zero-order valence-corrected chi connectivity index (χ0v) is 7.71. The van der Waals surface area contributed by atoms with Crippen molar-refractivity contribution in [3.05, 3.63) is 0 Å². The van der Waals surface area contributed by atoms with Crippen LogP contribution < -0.4 is 5.32 Å². The van der Waals surface area contributed by atoms with E-state index in [0.29, 0.717) is 13.2 Å². The number of nitrogens with one attached hydrogen (secondary N) is 1. The van der Waals surface area contributed by atoms with E-state index in [0.717, 1.165) is 32.8 Å². The number of hydroxylamine groups is 2. The van der Waals surface area contributed by atoms with E-state index in [-0.39, 0.29) is 0 Å². The Morgan fingerprint density at radius 2 is 2.00 bits per heavy atom. The van der Waals surface area contributed by atoms with Gasteiger partial charge in [-0.1, -0.05) is 0 Å². The first-order chi connectivity index (χ1) is 5.93. The topological polar surface area (TPSA) is 33.7 Å². The Labute approximate surface area is 73.8 Å². The van der Waals surface area contributed by atoms with Crippen molar-refractivity contribution in [2.45, 2.75) is 6.92 Å². The number of nitrogens with zero attached hydrogens (tertiary/aromatic N) is 1. The highest BCUT2D eigenvalue weighted by Crippen LogP contribution is 1.92. The fraction of sp³-hybridized carbons (Fsp3) is 1.00. The summed E-state index contributed by atoms with van der Waals surface area (Å²) in [4.78, 5) is 5.45. The third kappa shape index (κ3) is 4.01. The number of piperazine rings is 1. The van der Waals surface area contributed by atoms with E-state index in [1.165, 1.54) is 0 Å². The zero-order chi connectivity index (χ0) is 8.65. The van der Waals surface area contributed by atoms with E-state index in [4.69, 9.17) is 9.57 Å². The third-order valence-corrected chi connectivity index (χ3v) is 1.78. The average molecular weight is 174 g/mol. The van der Waals surface area contributed by atoms with Crippen LogP contribution in [-0.2, 0) is 9.57 Å². The second-order valence-electron chi connectivity index (χ2n) is 2.71. The lowest BCUT2D eigenvalue weighted by molar-refractivity contribution is -0.173. The van der Waals surface area contributed by atoms with Crippen LogP contribution in [-0.4, -0.2) is 51.1 Å². The smallest absolute Gasteiger partial charge is 0.0918 e. The molecule has 0 bridgehead atoms. The van der Waals surface area contributed by atoms with Crippen molar-refractivity contribution in [3.8, 4) is 0 Å². The fourth-order valence-electron chi connectivity index (χ4n) is 1.14. The first kappa shape index (κ1) is 9.92. The highest BCUT2D eigenvalue weighted by atomic mass is 16.7. The summed E-state index contributed by atoms with van der Waals surface area (Å²) < 4.78 is 5.16. The van der Waals surface area contributed by atoms with Crippen LogP contribution in [0.2, 0.25) is 0 Å². The van der Waals surface area contributed by atoms with Gasteiger partial charge in [0.1, 0.15) is 0 Å². The minimum atomic E-state index is 0.674. The van der Waals surface area contributed by atoms with E-state index < -0.39 is 0 Å². The van der Waals surface area contributed by atoms with Crippen LogP contribution in [0.3, 0.4) is 0 Å². The lowest BCUT2D eigenvalue weighted by atomic mass is 10.4. The molecule has 0 aromatic carbocycles. The van der Waals surface area contributed by atoms with Crippen molar-refractivity contribution in [1.29, 1.82) is 0 Å². The standard InChI is InChI=1S/C8H18N2O2/c1-2-11-7-8-12-10-5-3-9-4-6-10/h9H,2-8H2,1H3. The van der Waals surface area contributed by atoms with Crippen LogP contribution in [0.4, 0.5) is 0 Å². The Morgan fingerprint density at radius 1 is 1.25 bits per heavy atom. The van der Waals surface area contributed by atoms with Crippen molar-refractivity contribution >= 4 is 0 Å². The van der Waals surface area contributed by atoms with Gasteiger partial charge in [-0.2, -0.15) is 5.06 Å².